The van der Waals surface area contributed by atoms with Crippen molar-refractivity contribution in [3.05, 3.63) is 12.2 Å². The first-order valence-electron chi connectivity index (χ1n) is 6.09. The highest BCUT2D eigenvalue weighted by molar-refractivity contribution is 6.74. The smallest absolute Gasteiger partial charge is 0.192 e. The summed E-state index contributed by atoms with van der Waals surface area (Å²) in [7, 11) is -1.85. The second-order valence-corrected chi connectivity index (χ2v) is 11.0. The third-order valence-electron chi connectivity index (χ3n) is 3.51. The zero-order valence-corrected chi connectivity index (χ0v) is 13.4. The summed E-state index contributed by atoms with van der Waals surface area (Å²) >= 11 is 0. The van der Waals surface area contributed by atoms with E-state index in [1.807, 2.05) is 0 Å². The van der Waals surface area contributed by atoms with Gasteiger partial charge in [-0.15, -0.1) is 0 Å². The third-order valence-corrected chi connectivity index (χ3v) is 7.99. The molecule has 18 heavy (non-hydrogen) atoms. The fourth-order valence-electron chi connectivity index (χ4n) is 0.925. The SMILES string of the molecule is C=C(CO[Si](C)(C)C(C)(C)C)[C@@](C)(O)C#CCO. The van der Waals surface area contributed by atoms with Crippen molar-refractivity contribution in [1.82, 2.24) is 0 Å². The van der Waals surface area contributed by atoms with E-state index in [-0.39, 0.29) is 11.6 Å². The summed E-state index contributed by atoms with van der Waals surface area (Å²) in [5.41, 5.74) is -0.793. The van der Waals surface area contributed by atoms with Gasteiger partial charge in [0.1, 0.15) is 12.2 Å². The van der Waals surface area contributed by atoms with Crippen LogP contribution in [0.3, 0.4) is 0 Å². The fourth-order valence-corrected chi connectivity index (χ4v) is 1.89. The van der Waals surface area contributed by atoms with Crippen molar-refractivity contribution in [2.75, 3.05) is 13.2 Å². The largest absolute Gasteiger partial charge is 0.413 e. The second-order valence-electron chi connectivity index (χ2n) is 6.18. The normalized spacial score (nSPS) is 15.6. The Bertz CT molecular complexity index is 353. The standard InChI is InChI=1S/C14H26O3Si/c1-12(14(5,16)9-8-10-15)11-17-18(6,7)13(2,3)4/h15-16H,1,10-11H2,2-7H3/t14-/m0/s1. The molecular formula is C14H26O3Si. The van der Waals surface area contributed by atoms with Crippen LogP contribution in [-0.4, -0.2) is 37.3 Å². The summed E-state index contributed by atoms with van der Waals surface area (Å²) in [5.74, 6) is 5.02. The van der Waals surface area contributed by atoms with Gasteiger partial charge in [0.15, 0.2) is 8.32 Å². The maximum atomic E-state index is 10.1. The Hall–Kier alpha value is -0.603. The molecule has 2 N–H and O–H groups in total. The van der Waals surface area contributed by atoms with Gasteiger partial charge in [-0.1, -0.05) is 39.2 Å². The second kappa shape index (κ2) is 6.03. The van der Waals surface area contributed by atoms with Gasteiger partial charge in [-0.2, -0.15) is 0 Å². The molecule has 0 amide bonds. The average Bonchev–Trinajstić information content (AvgIpc) is 2.21. The zero-order chi connectivity index (χ0) is 14.6. The first-order chi connectivity index (χ1) is 7.94. The van der Waals surface area contributed by atoms with Crippen molar-refractivity contribution in [2.45, 2.75) is 51.4 Å². The summed E-state index contributed by atoms with van der Waals surface area (Å²) in [6, 6.07) is 0. The molecule has 0 aromatic heterocycles. The summed E-state index contributed by atoms with van der Waals surface area (Å²) in [4.78, 5) is 0. The quantitative estimate of drug-likeness (QED) is 0.468. The molecule has 0 fully saturated rings. The first kappa shape index (κ1) is 17.4. The van der Waals surface area contributed by atoms with E-state index in [1.54, 1.807) is 6.92 Å². The maximum absolute atomic E-state index is 10.1. The van der Waals surface area contributed by atoms with Crippen molar-refractivity contribution < 1.29 is 14.6 Å². The highest BCUT2D eigenvalue weighted by Crippen LogP contribution is 2.37. The van der Waals surface area contributed by atoms with Gasteiger partial charge in [-0.05, 0) is 30.6 Å². The monoisotopic (exact) mass is 270 g/mol. The predicted octanol–water partition coefficient (Wildman–Crippen LogP) is 2.31. The van der Waals surface area contributed by atoms with Crippen LogP contribution in [-0.2, 0) is 4.43 Å². The number of hydrogen-bond donors (Lipinski definition) is 2. The minimum Gasteiger partial charge on any atom is -0.413 e. The Morgan fingerprint density at radius 3 is 2.17 bits per heavy atom. The van der Waals surface area contributed by atoms with Gasteiger partial charge < -0.3 is 14.6 Å². The van der Waals surface area contributed by atoms with E-state index >= 15 is 0 Å². The van der Waals surface area contributed by atoms with Crippen molar-refractivity contribution in [3.63, 3.8) is 0 Å². The van der Waals surface area contributed by atoms with E-state index in [0.29, 0.717) is 12.2 Å². The van der Waals surface area contributed by atoms with Crippen LogP contribution in [0.4, 0.5) is 0 Å². The van der Waals surface area contributed by atoms with Crippen LogP contribution in [0.2, 0.25) is 18.1 Å². The lowest BCUT2D eigenvalue weighted by Gasteiger charge is -2.37. The van der Waals surface area contributed by atoms with Crippen molar-refractivity contribution >= 4 is 8.32 Å². The number of aliphatic hydroxyl groups excluding tert-OH is 1. The van der Waals surface area contributed by atoms with Crippen LogP contribution in [0.15, 0.2) is 12.2 Å². The van der Waals surface area contributed by atoms with Gasteiger partial charge in [0.05, 0.1) is 6.61 Å². The molecule has 0 aliphatic heterocycles. The van der Waals surface area contributed by atoms with Gasteiger partial charge in [0.2, 0.25) is 0 Å². The van der Waals surface area contributed by atoms with Crippen LogP contribution in [0.25, 0.3) is 0 Å². The highest BCUT2D eigenvalue weighted by atomic mass is 28.4. The lowest BCUT2D eigenvalue weighted by Crippen LogP contribution is -2.42. The molecule has 104 valence electrons. The van der Waals surface area contributed by atoms with Gasteiger partial charge in [0.25, 0.3) is 0 Å². The Labute approximate surface area is 112 Å². The van der Waals surface area contributed by atoms with Crippen molar-refractivity contribution in [2.24, 2.45) is 0 Å². The van der Waals surface area contributed by atoms with Gasteiger partial charge in [-0.25, -0.2) is 0 Å². The van der Waals surface area contributed by atoms with Crippen LogP contribution >= 0.6 is 0 Å². The molecular weight excluding hydrogens is 244 g/mol. The van der Waals surface area contributed by atoms with Crippen LogP contribution in [0.1, 0.15) is 27.7 Å². The third kappa shape index (κ3) is 4.95. The highest BCUT2D eigenvalue weighted by Gasteiger charge is 2.37. The lowest BCUT2D eigenvalue weighted by molar-refractivity contribution is 0.143. The lowest BCUT2D eigenvalue weighted by atomic mass is 9.99. The molecule has 1 atom stereocenters. The van der Waals surface area contributed by atoms with E-state index < -0.39 is 13.9 Å². The number of aliphatic hydroxyl groups is 2. The maximum Gasteiger partial charge on any atom is 0.192 e. The molecule has 3 nitrogen and oxygen atoms in total. The molecule has 0 aliphatic carbocycles. The Morgan fingerprint density at radius 2 is 1.78 bits per heavy atom. The summed E-state index contributed by atoms with van der Waals surface area (Å²) < 4.78 is 5.97. The van der Waals surface area contributed by atoms with Crippen LogP contribution < -0.4 is 0 Å². The van der Waals surface area contributed by atoms with E-state index in [0.717, 1.165) is 0 Å². The van der Waals surface area contributed by atoms with Gasteiger partial charge >= 0.3 is 0 Å². The molecule has 0 spiro atoms. The van der Waals surface area contributed by atoms with E-state index in [4.69, 9.17) is 9.53 Å². The molecule has 0 aliphatic rings. The van der Waals surface area contributed by atoms with Gasteiger partial charge in [-0.3, -0.25) is 0 Å². The minimum absolute atomic E-state index is 0.121. The molecule has 0 radical (unpaired) electrons. The topological polar surface area (TPSA) is 49.7 Å². The van der Waals surface area contributed by atoms with Crippen molar-refractivity contribution in [1.29, 1.82) is 0 Å². The Kier molecular flexibility index (Phi) is 5.82. The van der Waals surface area contributed by atoms with E-state index in [1.165, 1.54) is 0 Å². The molecule has 0 bridgehead atoms. The molecule has 0 saturated heterocycles. The van der Waals surface area contributed by atoms with Crippen molar-refractivity contribution in [3.8, 4) is 11.8 Å². The minimum atomic E-state index is -1.85. The zero-order valence-electron chi connectivity index (χ0n) is 12.4. The number of hydrogen-bond acceptors (Lipinski definition) is 3. The molecule has 0 unspecified atom stereocenters. The summed E-state index contributed by atoms with van der Waals surface area (Å²) in [5, 5.41) is 18.8. The fraction of sp³-hybridized carbons (Fsp3) is 0.714. The molecule has 0 saturated carbocycles. The first-order valence-corrected chi connectivity index (χ1v) is 9.00. The molecule has 0 aromatic rings. The van der Waals surface area contributed by atoms with Crippen LogP contribution in [0, 0.1) is 11.8 Å². The molecule has 0 aromatic carbocycles. The summed E-state index contributed by atoms with van der Waals surface area (Å²) in [6.45, 7) is 16.2. The number of rotatable bonds is 4. The Balaban J connectivity index is 4.62. The molecule has 4 heteroatoms. The average molecular weight is 270 g/mol. The Morgan fingerprint density at radius 1 is 1.28 bits per heavy atom. The van der Waals surface area contributed by atoms with Gasteiger partial charge in [0, 0.05) is 0 Å². The summed E-state index contributed by atoms with van der Waals surface area (Å²) in [6.07, 6.45) is 0. The molecule has 0 rings (SSSR count). The predicted molar refractivity (Wildman–Crippen MR) is 77.8 cm³/mol. The van der Waals surface area contributed by atoms with E-state index in [2.05, 4.69) is 52.3 Å². The molecule has 0 heterocycles. The van der Waals surface area contributed by atoms with E-state index in [9.17, 15) is 5.11 Å². The van der Waals surface area contributed by atoms with Crippen LogP contribution in [0.5, 0.6) is 0 Å².